The maximum absolute atomic E-state index is 12.7. The Kier molecular flexibility index (Phi) is 11.2. The van der Waals surface area contributed by atoms with Crippen LogP contribution in [0.25, 0.3) is 0 Å². The Morgan fingerprint density at radius 3 is 2.75 bits per heavy atom. The molecule has 3 rings (SSSR count). The van der Waals surface area contributed by atoms with Crippen molar-refractivity contribution in [3.05, 3.63) is 59.8 Å². The molecule has 0 radical (unpaired) electrons. The zero-order valence-electron chi connectivity index (χ0n) is 21.9. The Bertz CT molecular complexity index is 1040. The van der Waals surface area contributed by atoms with Crippen LogP contribution in [-0.2, 0) is 17.8 Å². The SMILES string of the molecule is CCN(CC)CCCC(C)NC(=O)CCN(Cc1ccco1)c1nc(Cc2cccc(OC)c2)ns1. The molecule has 1 amide bonds. The highest BCUT2D eigenvalue weighted by Crippen LogP contribution is 2.23. The van der Waals surface area contributed by atoms with Crippen molar-refractivity contribution in [3.8, 4) is 5.75 Å². The van der Waals surface area contributed by atoms with Gasteiger partial charge in [-0.3, -0.25) is 4.79 Å². The normalized spacial score (nSPS) is 12.0. The summed E-state index contributed by atoms with van der Waals surface area (Å²) in [7, 11) is 1.66. The highest BCUT2D eigenvalue weighted by Gasteiger charge is 2.17. The van der Waals surface area contributed by atoms with Gasteiger partial charge in [0.2, 0.25) is 11.0 Å². The largest absolute Gasteiger partial charge is 0.497 e. The molecule has 3 aromatic rings. The summed E-state index contributed by atoms with van der Waals surface area (Å²) in [6, 6.07) is 11.9. The average molecular weight is 514 g/mol. The second-order valence-electron chi connectivity index (χ2n) is 8.91. The van der Waals surface area contributed by atoms with Gasteiger partial charge in [0.15, 0.2) is 0 Å². The third kappa shape index (κ3) is 8.95. The van der Waals surface area contributed by atoms with Crippen molar-refractivity contribution in [3.63, 3.8) is 0 Å². The van der Waals surface area contributed by atoms with Gasteiger partial charge >= 0.3 is 0 Å². The highest BCUT2D eigenvalue weighted by molar-refractivity contribution is 7.09. The number of carbonyl (C=O) groups excluding carboxylic acids is 1. The summed E-state index contributed by atoms with van der Waals surface area (Å²) in [5, 5.41) is 3.93. The van der Waals surface area contributed by atoms with Gasteiger partial charge in [-0.2, -0.15) is 4.37 Å². The fraction of sp³-hybridized carbons (Fsp3) is 0.519. The van der Waals surface area contributed by atoms with Crippen molar-refractivity contribution in [1.29, 1.82) is 0 Å². The van der Waals surface area contributed by atoms with Crippen LogP contribution in [0.1, 0.15) is 57.2 Å². The predicted octanol–water partition coefficient (Wildman–Crippen LogP) is 4.75. The number of anilines is 1. The van der Waals surface area contributed by atoms with E-state index in [1.807, 2.05) is 36.4 Å². The van der Waals surface area contributed by atoms with Gasteiger partial charge in [-0.15, -0.1) is 0 Å². The van der Waals surface area contributed by atoms with E-state index in [9.17, 15) is 4.79 Å². The number of hydrogen-bond donors (Lipinski definition) is 1. The van der Waals surface area contributed by atoms with Crippen molar-refractivity contribution in [2.24, 2.45) is 0 Å². The van der Waals surface area contributed by atoms with Crippen LogP contribution in [0.2, 0.25) is 0 Å². The van der Waals surface area contributed by atoms with E-state index in [1.165, 1.54) is 11.5 Å². The first kappa shape index (κ1) is 27.7. The molecule has 2 aromatic heterocycles. The molecule has 0 bridgehead atoms. The van der Waals surface area contributed by atoms with Crippen LogP contribution < -0.4 is 15.0 Å². The van der Waals surface area contributed by atoms with E-state index in [-0.39, 0.29) is 11.9 Å². The van der Waals surface area contributed by atoms with Crippen LogP contribution in [0.15, 0.2) is 47.1 Å². The van der Waals surface area contributed by atoms with E-state index in [2.05, 4.69) is 40.3 Å². The Morgan fingerprint density at radius 2 is 2.03 bits per heavy atom. The van der Waals surface area contributed by atoms with E-state index in [4.69, 9.17) is 14.1 Å². The monoisotopic (exact) mass is 513 g/mol. The van der Waals surface area contributed by atoms with Crippen LogP contribution in [0.4, 0.5) is 5.13 Å². The summed E-state index contributed by atoms with van der Waals surface area (Å²) in [5.41, 5.74) is 1.09. The molecule has 0 aliphatic rings. The van der Waals surface area contributed by atoms with Crippen LogP contribution in [0.5, 0.6) is 5.75 Å². The Labute approximate surface area is 218 Å². The lowest BCUT2D eigenvalue weighted by Crippen LogP contribution is -2.36. The molecular formula is C27H39N5O3S. The lowest BCUT2D eigenvalue weighted by molar-refractivity contribution is -0.121. The lowest BCUT2D eigenvalue weighted by atomic mass is 10.1. The minimum absolute atomic E-state index is 0.0518. The van der Waals surface area contributed by atoms with E-state index in [1.54, 1.807) is 13.4 Å². The maximum Gasteiger partial charge on any atom is 0.221 e. The molecule has 1 N–H and O–H groups in total. The Balaban J connectivity index is 1.56. The molecular weight excluding hydrogens is 474 g/mol. The van der Waals surface area contributed by atoms with Crippen molar-refractivity contribution < 1.29 is 13.9 Å². The van der Waals surface area contributed by atoms with E-state index in [0.29, 0.717) is 25.9 Å². The summed E-state index contributed by atoms with van der Waals surface area (Å²) in [4.78, 5) is 21.9. The zero-order chi connectivity index (χ0) is 25.8. The molecule has 0 saturated heterocycles. The van der Waals surface area contributed by atoms with Gasteiger partial charge < -0.3 is 24.3 Å². The molecule has 36 heavy (non-hydrogen) atoms. The Hall–Kier alpha value is -2.91. The van der Waals surface area contributed by atoms with Gasteiger partial charge in [0.05, 0.1) is 19.9 Å². The number of hydrogen-bond acceptors (Lipinski definition) is 8. The van der Waals surface area contributed by atoms with Crippen LogP contribution in [0.3, 0.4) is 0 Å². The van der Waals surface area contributed by atoms with Gasteiger partial charge in [0.25, 0.3) is 0 Å². The van der Waals surface area contributed by atoms with Crippen LogP contribution >= 0.6 is 11.5 Å². The molecule has 1 unspecified atom stereocenters. The van der Waals surface area contributed by atoms with Crippen LogP contribution in [0, 0.1) is 0 Å². The first-order chi connectivity index (χ1) is 17.5. The number of methoxy groups -OCH3 is 1. The Morgan fingerprint density at radius 1 is 1.19 bits per heavy atom. The summed E-state index contributed by atoms with van der Waals surface area (Å²) in [6.45, 7) is 10.7. The van der Waals surface area contributed by atoms with Gasteiger partial charge in [0, 0.05) is 37.0 Å². The zero-order valence-corrected chi connectivity index (χ0v) is 22.7. The summed E-state index contributed by atoms with van der Waals surface area (Å²) < 4.78 is 15.5. The fourth-order valence-corrected chi connectivity index (χ4v) is 4.77. The topological polar surface area (TPSA) is 83.7 Å². The van der Waals surface area contributed by atoms with Crippen molar-refractivity contribution in [2.75, 3.05) is 38.2 Å². The molecule has 9 heteroatoms. The molecule has 1 atom stereocenters. The van der Waals surface area contributed by atoms with Gasteiger partial charge in [-0.1, -0.05) is 26.0 Å². The van der Waals surface area contributed by atoms with E-state index >= 15 is 0 Å². The number of carbonyl (C=O) groups is 1. The molecule has 0 aliphatic heterocycles. The molecule has 0 fully saturated rings. The first-order valence-corrected chi connectivity index (χ1v) is 13.5. The number of rotatable bonds is 16. The predicted molar refractivity (Wildman–Crippen MR) is 145 cm³/mol. The van der Waals surface area contributed by atoms with Gasteiger partial charge in [-0.05, 0) is 69.2 Å². The molecule has 1 aromatic carbocycles. The lowest BCUT2D eigenvalue weighted by Gasteiger charge is -2.22. The summed E-state index contributed by atoms with van der Waals surface area (Å²) in [5.74, 6) is 2.44. The number of ether oxygens (including phenoxy) is 1. The second kappa shape index (κ2) is 14.6. The van der Waals surface area contributed by atoms with Crippen LogP contribution in [-0.4, -0.2) is 59.5 Å². The number of aromatic nitrogens is 2. The fourth-order valence-electron chi connectivity index (χ4n) is 4.06. The molecule has 0 aliphatic carbocycles. The molecule has 0 saturated carbocycles. The van der Waals surface area contributed by atoms with Crippen molar-refractivity contribution >= 4 is 22.6 Å². The quantitative estimate of drug-likeness (QED) is 0.296. The summed E-state index contributed by atoms with van der Waals surface area (Å²) >= 11 is 1.35. The first-order valence-electron chi connectivity index (χ1n) is 12.7. The maximum atomic E-state index is 12.7. The minimum atomic E-state index is 0.0518. The third-order valence-corrected chi connectivity index (χ3v) is 6.99. The van der Waals surface area contributed by atoms with E-state index < -0.39 is 0 Å². The summed E-state index contributed by atoms with van der Waals surface area (Å²) in [6.07, 6.45) is 4.71. The number of nitrogens with zero attached hydrogens (tertiary/aromatic N) is 4. The van der Waals surface area contributed by atoms with Crippen molar-refractivity contribution in [1.82, 2.24) is 19.6 Å². The standard InChI is InChI=1S/C27H39N5O3S/c1-5-31(6-2)15-8-10-21(3)28-26(33)14-16-32(20-24-13-9-17-35-24)27-29-25(30-36-27)19-22-11-7-12-23(18-22)34-4/h7,9,11-13,17-18,21H,5-6,8,10,14-16,19-20H2,1-4H3,(H,28,33). The molecule has 2 heterocycles. The third-order valence-electron chi connectivity index (χ3n) is 6.17. The number of benzene rings is 1. The highest BCUT2D eigenvalue weighted by atomic mass is 32.1. The van der Waals surface area contributed by atoms with Gasteiger partial charge in [-0.25, -0.2) is 4.98 Å². The second-order valence-corrected chi connectivity index (χ2v) is 9.64. The molecule has 8 nitrogen and oxygen atoms in total. The minimum Gasteiger partial charge on any atom is -0.497 e. The number of furan rings is 1. The molecule has 196 valence electrons. The van der Waals surface area contributed by atoms with Gasteiger partial charge in [0.1, 0.15) is 17.3 Å². The number of nitrogens with one attached hydrogen (secondary N) is 1. The van der Waals surface area contributed by atoms with Crippen molar-refractivity contribution in [2.45, 2.75) is 59.0 Å². The smallest absolute Gasteiger partial charge is 0.221 e. The number of amides is 1. The average Bonchev–Trinajstić information content (AvgIpc) is 3.57. The van der Waals surface area contributed by atoms with E-state index in [0.717, 1.165) is 60.5 Å². The molecule has 0 spiro atoms.